The van der Waals surface area contributed by atoms with Crippen LogP contribution in [0.1, 0.15) is 0 Å². The fourth-order valence-corrected chi connectivity index (χ4v) is 4.09. The Morgan fingerprint density at radius 2 is 1.97 bits per heavy atom. The van der Waals surface area contributed by atoms with Gasteiger partial charge in [0.05, 0.1) is 24.5 Å². The number of benzene rings is 2. The lowest BCUT2D eigenvalue weighted by molar-refractivity contribution is 0.119. The average molecular weight is 460 g/mol. The quantitative estimate of drug-likeness (QED) is 0.477. The first-order valence-corrected chi connectivity index (χ1v) is 10.9. The smallest absolute Gasteiger partial charge is 0.416 e. The predicted molar refractivity (Wildman–Crippen MR) is 127 cm³/mol. The van der Waals surface area contributed by atoms with Crippen LogP contribution in [0.25, 0.3) is 33.4 Å². The van der Waals surface area contributed by atoms with Crippen LogP contribution in [0, 0.1) is 0 Å². The summed E-state index contributed by atoms with van der Waals surface area (Å²) in [5.41, 5.74) is 10.0. The standard InChI is InChI=1S/C24H25N7O3/c1-30-13-17(22(29-30)15-6-4-3-5-7-15)23-16-10-20(19(33-2)11-18(16)27-14-28-23)34-24(32)31-9-8-26-12-21(31)25/h3-7,10-11,13-14,21,26H,8-9,12,25H2,1-2H3/t21-/m1/s1. The highest BCUT2D eigenvalue weighted by atomic mass is 16.6. The normalized spacial score (nSPS) is 16.0. The molecular formula is C24H25N7O3. The van der Waals surface area contributed by atoms with E-state index in [-0.39, 0.29) is 5.75 Å². The van der Waals surface area contributed by atoms with Crippen molar-refractivity contribution in [2.75, 3.05) is 26.7 Å². The van der Waals surface area contributed by atoms with Crippen molar-refractivity contribution in [2.24, 2.45) is 12.8 Å². The van der Waals surface area contributed by atoms with Gasteiger partial charge < -0.3 is 20.5 Å². The number of fused-ring (bicyclic) bond motifs is 1. The molecule has 2 aromatic carbocycles. The molecule has 0 spiro atoms. The van der Waals surface area contributed by atoms with Crippen molar-refractivity contribution < 1.29 is 14.3 Å². The summed E-state index contributed by atoms with van der Waals surface area (Å²) >= 11 is 0. The Morgan fingerprint density at radius 1 is 1.15 bits per heavy atom. The molecule has 1 atom stereocenters. The summed E-state index contributed by atoms with van der Waals surface area (Å²) in [7, 11) is 3.39. The average Bonchev–Trinajstić information content (AvgIpc) is 3.25. The number of ether oxygens (including phenoxy) is 2. The maximum absolute atomic E-state index is 12.9. The van der Waals surface area contributed by atoms with Crippen LogP contribution in [0.2, 0.25) is 0 Å². The van der Waals surface area contributed by atoms with Gasteiger partial charge in [0.2, 0.25) is 0 Å². The van der Waals surface area contributed by atoms with Crippen molar-refractivity contribution in [1.82, 2.24) is 30.0 Å². The zero-order valence-electron chi connectivity index (χ0n) is 18.9. The number of nitrogens with zero attached hydrogens (tertiary/aromatic N) is 5. The predicted octanol–water partition coefficient (Wildman–Crippen LogP) is 2.39. The molecule has 1 fully saturated rings. The van der Waals surface area contributed by atoms with Crippen molar-refractivity contribution in [3.05, 3.63) is 55.0 Å². The van der Waals surface area contributed by atoms with Crippen molar-refractivity contribution in [3.8, 4) is 34.0 Å². The summed E-state index contributed by atoms with van der Waals surface area (Å²) in [6.07, 6.45) is 2.43. The Bertz CT molecular complexity index is 1340. The minimum absolute atomic E-state index is 0.270. The number of piperazine rings is 1. The molecule has 1 amide bonds. The summed E-state index contributed by atoms with van der Waals surface area (Å²) in [5, 5.41) is 8.52. The van der Waals surface area contributed by atoms with Gasteiger partial charge in [-0.2, -0.15) is 5.10 Å². The molecule has 1 saturated heterocycles. The molecule has 0 aliphatic carbocycles. The maximum Gasteiger partial charge on any atom is 0.416 e. The molecule has 0 saturated carbocycles. The van der Waals surface area contributed by atoms with Crippen molar-refractivity contribution in [2.45, 2.75) is 6.17 Å². The van der Waals surface area contributed by atoms with Gasteiger partial charge in [0.1, 0.15) is 12.0 Å². The monoisotopic (exact) mass is 459 g/mol. The molecule has 0 bridgehead atoms. The number of carbonyl (C=O) groups is 1. The molecule has 4 aromatic rings. The van der Waals surface area contributed by atoms with Gasteiger partial charge in [0.25, 0.3) is 0 Å². The van der Waals surface area contributed by atoms with E-state index in [0.29, 0.717) is 42.0 Å². The lowest BCUT2D eigenvalue weighted by Crippen LogP contribution is -2.58. The minimum Gasteiger partial charge on any atom is -0.493 e. The van der Waals surface area contributed by atoms with Gasteiger partial charge >= 0.3 is 6.09 Å². The molecule has 174 valence electrons. The first-order valence-electron chi connectivity index (χ1n) is 10.9. The number of aryl methyl sites for hydroxylation is 1. The molecule has 0 radical (unpaired) electrons. The van der Waals surface area contributed by atoms with Gasteiger partial charge in [-0.1, -0.05) is 30.3 Å². The molecule has 1 aliphatic heterocycles. The van der Waals surface area contributed by atoms with Crippen LogP contribution in [-0.4, -0.2) is 63.7 Å². The van der Waals surface area contributed by atoms with Crippen molar-refractivity contribution in [3.63, 3.8) is 0 Å². The Labute approximate surface area is 196 Å². The van der Waals surface area contributed by atoms with Crippen LogP contribution >= 0.6 is 0 Å². The van der Waals surface area contributed by atoms with Gasteiger partial charge in [-0.25, -0.2) is 14.8 Å². The number of methoxy groups -OCH3 is 1. The molecule has 34 heavy (non-hydrogen) atoms. The topological polar surface area (TPSA) is 120 Å². The number of nitrogens with one attached hydrogen (secondary N) is 1. The molecule has 3 heterocycles. The third kappa shape index (κ3) is 4.04. The Balaban J connectivity index is 1.60. The Hall–Kier alpha value is -4.02. The highest BCUT2D eigenvalue weighted by molar-refractivity contribution is 5.97. The largest absolute Gasteiger partial charge is 0.493 e. The number of rotatable bonds is 4. The van der Waals surface area contributed by atoms with E-state index < -0.39 is 12.3 Å². The van der Waals surface area contributed by atoms with Crippen LogP contribution in [0.4, 0.5) is 4.79 Å². The second-order valence-corrected chi connectivity index (χ2v) is 8.01. The number of nitrogens with two attached hydrogens (primary N) is 1. The van der Waals surface area contributed by atoms with Crippen LogP contribution in [0.3, 0.4) is 0 Å². The minimum atomic E-state index is -0.531. The van der Waals surface area contributed by atoms with Crippen LogP contribution in [0.5, 0.6) is 11.5 Å². The fourth-order valence-electron chi connectivity index (χ4n) is 4.09. The molecule has 3 N–H and O–H groups in total. The van der Waals surface area contributed by atoms with E-state index in [1.54, 1.807) is 16.8 Å². The molecule has 0 unspecified atom stereocenters. The van der Waals surface area contributed by atoms with E-state index in [9.17, 15) is 4.79 Å². The number of amides is 1. The van der Waals surface area contributed by atoms with Gasteiger partial charge in [0, 0.05) is 55.5 Å². The van der Waals surface area contributed by atoms with E-state index in [4.69, 9.17) is 15.2 Å². The lowest BCUT2D eigenvalue weighted by Gasteiger charge is -2.32. The van der Waals surface area contributed by atoms with E-state index >= 15 is 0 Å². The molecule has 2 aromatic heterocycles. The first-order chi connectivity index (χ1) is 16.5. The highest BCUT2D eigenvalue weighted by Crippen LogP contribution is 2.38. The summed E-state index contributed by atoms with van der Waals surface area (Å²) in [6, 6.07) is 13.4. The van der Waals surface area contributed by atoms with Gasteiger partial charge in [-0.15, -0.1) is 0 Å². The summed E-state index contributed by atoms with van der Waals surface area (Å²) in [6.45, 7) is 1.62. The van der Waals surface area contributed by atoms with Crippen molar-refractivity contribution in [1.29, 1.82) is 0 Å². The number of aromatic nitrogens is 4. The van der Waals surface area contributed by atoms with E-state index in [2.05, 4.69) is 20.4 Å². The Kier molecular flexibility index (Phi) is 5.83. The molecule has 1 aliphatic rings. The molecule has 5 rings (SSSR count). The second-order valence-electron chi connectivity index (χ2n) is 8.01. The van der Waals surface area contributed by atoms with E-state index in [1.807, 2.05) is 43.6 Å². The van der Waals surface area contributed by atoms with Crippen LogP contribution in [0.15, 0.2) is 55.0 Å². The zero-order chi connectivity index (χ0) is 23.7. The summed E-state index contributed by atoms with van der Waals surface area (Å²) < 4.78 is 13.0. The summed E-state index contributed by atoms with van der Waals surface area (Å²) in [5.74, 6) is 0.663. The van der Waals surface area contributed by atoms with Crippen LogP contribution in [-0.2, 0) is 7.05 Å². The third-order valence-electron chi connectivity index (χ3n) is 5.77. The van der Waals surface area contributed by atoms with Crippen molar-refractivity contribution >= 4 is 17.0 Å². The van der Waals surface area contributed by atoms with E-state index in [0.717, 1.165) is 16.8 Å². The molecular weight excluding hydrogens is 434 g/mol. The second kappa shape index (κ2) is 9.08. The van der Waals surface area contributed by atoms with Crippen LogP contribution < -0.4 is 20.5 Å². The third-order valence-corrected chi connectivity index (χ3v) is 5.77. The molecule has 10 heteroatoms. The van der Waals surface area contributed by atoms with Gasteiger partial charge in [-0.05, 0) is 6.07 Å². The summed E-state index contributed by atoms with van der Waals surface area (Å²) in [4.78, 5) is 23.4. The Morgan fingerprint density at radius 3 is 2.74 bits per heavy atom. The number of carbonyl (C=O) groups excluding carboxylic acids is 1. The zero-order valence-corrected chi connectivity index (χ0v) is 18.9. The fraction of sp³-hybridized carbons (Fsp3) is 0.250. The first kappa shape index (κ1) is 21.8. The van der Waals surface area contributed by atoms with Gasteiger partial charge in [-0.3, -0.25) is 9.58 Å². The lowest BCUT2D eigenvalue weighted by atomic mass is 10.0. The SMILES string of the molecule is COc1cc2ncnc(-c3cn(C)nc3-c3ccccc3)c2cc1OC(=O)N1CCNC[C@@H]1N. The molecule has 10 nitrogen and oxygen atoms in total. The van der Waals surface area contributed by atoms with E-state index in [1.165, 1.54) is 18.3 Å². The number of hydrogen-bond donors (Lipinski definition) is 2. The number of hydrogen-bond acceptors (Lipinski definition) is 8. The highest BCUT2D eigenvalue weighted by Gasteiger charge is 2.27. The van der Waals surface area contributed by atoms with Gasteiger partial charge in [0.15, 0.2) is 11.5 Å². The maximum atomic E-state index is 12.9.